The summed E-state index contributed by atoms with van der Waals surface area (Å²) in [6.07, 6.45) is 3.03. The maximum atomic E-state index is 11.7. The van der Waals surface area contributed by atoms with Gasteiger partial charge in [0.1, 0.15) is 5.60 Å². The summed E-state index contributed by atoms with van der Waals surface area (Å²) in [4.78, 5) is 23.3. The highest BCUT2D eigenvalue weighted by Gasteiger charge is 2.15. The van der Waals surface area contributed by atoms with Crippen LogP contribution in [0.2, 0.25) is 0 Å². The van der Waals surface area contributed by atoms with Gasteiger partial charge in [-0.3, -0.25) is 9.59 Å². The lowest BCUT2D eigenvalue weighted by Gasteiger charge is -2.19. The SMILES string of the molecule is C=C(C)c1cc(CCCCC(=O)OC(C)(C)C)ccc1C(C)=O. The van der Waals surface area contributed by atoms with Gasteiger partial charge >= 0.3 is 5.97 Å². The Morgan fingerprint density at radius 3 is 2.26 bits per heavy atom. The smallest absolute Gasteiger partial charge is 0.306 e. The van der Waals surface area contributed by atoms with Crippen molar-refractivity contribution in [2.24, 2.45) is 0 Å². The Hall–Kier alpha value is -1.90. The highest BCUT2D eigenvalue weighted by molar-refractivity contribution is 5.98. The second kappa shape index (κ2) is 8.09. The monoisotopic (exact) mass is 316 g/mol. The number of unbranched alkanes of at least 4 members (excludes halogenated alkanes) is 1. The van der Waals surface area contributed by atoms with E-state index in [0.29, 0.717) is 6.42 Å². The summed E-state index contributed by atoms with van der Waals surface area (Å²) < 4.78 is 5.29. The van der Waals surface area contributed by atoms with Crippen LogP contribution in [-0.2, 0) is 16.0 Å². The Morgan fingerprint density at radius 1 is 1.09 bits per heavy atom. The van der Waals surface area contributed by atoms with E-state index in [4.69, 9.17) is 4.74 Å². The lowest BCUT2D eigenvalue weighted by molar-refractivity contribution is -0.154. The molecule has 0 atom stereocenters. The third kappa shape index (κ3) is 6.81. The first-order chi connectivity index (χ1) is 10.6. The number of hydrogen-bond donors (Lipinski definition) is 0. The summed E-state index contributed by atoms with van der Waals surface area (Å²) >= 11 is 0. The molecular weight excluding hydrogens is 288 g/mol. The highest BCUT2D eigenvalue weighted by Crippen LogP contribution is 2.21. The summed E-state index contributed by atoms with van der Waals surface area (Å²) in [6, 6.07) is 5.89. The molecule has 0 saturated carbocycles. The number of carbonyl (C=O) groups excluding carboxylic acids is 2. The number of hydrogen-bond acceptors (Lipinski definition) is 3. The standard InChI is InChI=1S/C20H28O3/c1-14(2)18-13-16(11-12-17(18)15(3)21)9-7-8-10-19(22)23-20(4,5)6/h11-13H,1,7-10H2,2-6H3. The molecule has 0 radical (unpaired) electrons. The van der Waals surface area contributed by atoms with Crippen molar-refractivity contribution in [1.82, 2.24) is 0 Å². The van der Waals surface area contributed by atoms with Gasteiger partial charge in [-0.2, -0.15) is 0 Å². The van der Waals surface area contributed by atoms with E-state index in [1.165, 1.54) is 0 Å². The first-order valence-corrected chi connectivity index (χ1v) is 8.12. The van der Waals surface area contributed by atoms with Gasteiger partial charge in [-0.1, -0.05) is 30.4 Å². The molecule has 0 bridgehead atoms. The average Bonchev–Trinajstić information content (AvgIpc) is 2.41. The fourth-order valence-corrected chi connectivity index (χ4v) is 2.40. The molecule has 3 nitrogen and oxygen atoms in total. The molecule has 0 aliphatic carbocycles. The van der Waals surface area contributed by atoms with E-state index < -0.39 is 5.60 Å². The van der Waals surface area contributed by atoms with Gasteiger partial charge in [0, 0.05) is 12.0 Å². The highest BCUT2D eigenvalue weighted by atomic mass is 16.6. The van der Waals surface area contributed by atoms with Crippen LogP contribution in [0.1, 0.15) is 75.4 Å². The molecule has 0 aliphatic heterocycles. The maximum Gasteiger partial charge on any atom is 0.306 e. The van der Waals surface area contributed by atoms with E-state index >= 15 is 0 Å². The number of esters is 1. The molecule has 1 rings (SSSR count). The van der Waals surface area contributed by atoms with Crippen LogP contribution in [0.15, 0.2) is 24.8 Å². The summed E-state index contributed by atoms with van der Waals surface area (Å²) in [5.41, 5.74) is 3.27. The van der Waals surface area contributed by atoms with Crippen molar-refractivity contribution in [2.75, 3.05) is 0 Å². The van der Waals surface area contributed by atoms with Crippen LogP contribution in [0.3, 0.4) is 0 Å². The molecule has 23 heavy (non-hydrogen) atoms. The molecule has 1 aromatic rings. The molecule has 0 amide bonds. The number of rotatable bonds is 7. The zero-order valence-electron chi connectivity index (χ0n) is 15.0. The van der Waals surface area contributed by atoms with Crippen LogP contribution in [0.25, 0.3) is 5.57 Å². The predicted octanol–water partition coefficient (Wildman–Crippen LogP) is 4.98. The van der Waals surface area contributed by atoms with Crippen molar-refractivity contribution < 1.29 is 14.3 Å². The Balaban J connectivity index is 2.56. The minimum Gasteiger partial charge on any atom is -0.460 e. The molecule has 0 fully saturated rings. The first kappa shape index (κ1) is 19.1. The molecule has 0 aliphatic rings. The van der Waals surface area contributed by atoms with E-state index in [2.05, 4.69) is 6.58 Å². The van der Waals surface area contributed by atoms with Gasteiger partial charge in [0.05, 0.1) is 0 Å². The molecule has 0 N–H and O–H groups in total. The van der Waals surface area contributed by atoms with E-state index in [1.807, 2.05) is 45.9 Å². The Bertz CT molecular complexity index is 591. The van der Waals surface area contributed by atoms with Gasteiger partial charge in [0.15, 0.2) is 5.78 Å². The number of benzene rings is 1. The number of ketones is 1. The number of allylic oxidation sites excluding steroid dienone is 1. The lowest BCUT2D eigenvalue weighted by Crippen LogP contribution is -2.23. The van der Waals surface area contributed by atoms with Crippen LogP contribution in [0.5, 0.6) is 0 Å². The number of carbonyl (C=O) groups is 2. The maximum absolute atomic E-state index is 11.7. The van der Waals surface area contributed by atoms with Crippen LogP contribution < -0.4 is 0 Å². The van der Waals surface area contributed by atoms with Gasteiger partial charge in [0.2, 0.25) is 0 Å². The predicted molar refractivity (Wildman–Crippen MR) is 94.6 cm³/mol. The van der Waals surface area contributed by atoms with Gasteiger partial charge in [-0.15, -0.1) is 0 Å². The zero-order valence-corrected chi connectivity index (χ0v) is 15.0. The molecule has 1 aromatic carbocycles. The molecule has 3 heteroatoms. The minimum absolute atomic E-state index is 0.0551. The minimum atomic E-state index is -0.421. The largest absolute Gasteiger partial charge is 0.460 e. The van der Waals surface area contributed by atoms with Gasteiger partial charge in [-0.25, -0.2) is 0 Å². The summed E-state index contributed by atoms with van der Waals surface area (Å²) in [5.74, 6) is -0.0912. The second-order valence-corrected chi connectivity index (χ2v) is 7.01. The van der Waals surface area contributed by atoms with Crippen molar-refractivity contribution in [3.63, 3.8) is 0 Å². The Labute approximate surface area is 139 Å². The number of Topliss-reactive ketones (excluding diaryl/α,β-unsaturated/α-hetero) is 1. The number of aryl methyl sites for hydroxylation is 1. The molecule has 126 valence electrons. The van der Waals surface area contributed by atoms with Crippen LogP contribution in [0.4, 0.5) is 0 Å². The Morgan fingerprint density at radius 2 is 1.74 bits per heavy atom. The van der Waals surface area contributed by atoms with E-state index in [-0.39, 0.29) is 11.8 Å². The summed E-state index contributed by atoms with van der Waals surface area (Å²) in [5, 5.41) is 0. The summed E-state index contributed by atoms with van der Waals surface area (Å²) in [7, 11) is 0. The average molecular weight is 316 g/mol. The second-order valence-electron chi connectivity index (χ2n) is 7.01. The first-order valence-electron chi connectivity index (χ1n) is 8.12. The van der Waals surface area contributed by atoms with Gasteiger partial charge in [0.25, 0.3) is 0 Å². The number of ether oxygens (including phenoxy) is 1. The van der Waals surface area contributed by atoms with E-state index in [9.17, 15) is 9.59 Å². The normalized spacial score (nSPS) is 11.2. The van der Waals surface area contributed by atoms with Crippen molar-refractivity contribution in [1.29, 1.82) is 0 Å². The summed E-state index contributed by atoms with van der Waals surface area (Å²) in [6.45, 7) is 13.1. The van der Waals surface area contributed by atoms with Crippen LogP contribution in [-0.4, -0.2) is 17.4 Å². The zero-order chi connectivity index (χ0) is 17.6. The van der Waals surface area contributed by atoms with Gasteiger partial charge < -0.3 is 4.74 Å². The fraction of sp³-hybridized carbons (Fsp3) is 0.500. The molecule has 0 unspecified atom stereocenters. The fourth-order valence-electron chi connectivity index (χ4n) is 2.40. The van der Waals surface area contributed by atoms with Crippen molar-refractivity contribution in [2.45, 2.75) is 65.9 Å². The molecule has 0 saturated heterocycles. The Kier molecular flexibility index (Phi) is 6.74. The van der Waals surface area contributed by atoms with Crippen molar-refractivity contribution in [3.8, 4) is 0 Å². The molecule has 0 spiro atoms. The topological polar surface area (TPSA) is 43.4 Å². The molecule has 0 aromatic heterocycles. The third-order valence-electron chi connectivity index (χ3n) is 3.44. The van der Waals surface area contributed by atoms with E-state index in [1.54, 1.807) is 6.92 Å². The van der Waals surface area contributed by atoms with Gasteiger partial charge in [-0.05, 0) is 65.0 Å². The quantitative estimate of drug-likeness (QED) is 0.405. The van der Waals surface area contributed by atoms with Crippen molar-refractivity contribution in [3.05, 3.63) is 41.5 Å². The van der Waals surface area contributed by atoms with Crippen molar-refractivity contribution >= 4 is 17.3 Å². The van der Waals surface area contributed by atoms with E-state index in [0.717, 1.165) is 41.5 Å². The van der Waals surface area contributed by atoms with Crippen LogP contribution in [0, 0.1) is 0 Å². The molecule has 0 heterocycles. The lowest BCUT2D eigenvalue weighted by atomic mass is 9.95. The van der Waals surface area contributed by atoms with Crippen LogP contribution >= 0.6 is 0 Å². The third-order valence-corrected chi connectivity index (χ3v) is 3.44. The molecular formula is C20H28O3.